The van der Waals surface area contributed by atoms with Crippen LogP contribution in [0.15, 0.2) is 30.3 Å². The zero-order valence-electron chi connectivity index (χ0n) is 10.8. The average Bonchev–Trinajstić information content (AvgIpc) is 2.46. The minimum atomic E-state index is 0.365. The molecule has 2 aliphatic carbocycles. The molecular weight excluding hydrogens is 232 g/mol. The van der Waals surface area contributed by atoms with E-state index in [2.05, 4.69) is 30.4 Å². The maximum atomic E-state index is 9.80. The van der Waals surface area contributed by atoms with Crippen molar-refractivity contribution in [2.45, 2.75) is 25.7 Å². The van der Waals surface area contributed by atoms with Gasteiger partial charge >= 0.3 is 0 Å². The van der Waals surface area contributed by atoms with Gasteiger partial charge in [-0.05, 0) is 70.5 Å². The fourth-order valence-electron chi connectivity index (χ4n) is 3.36. The van der Waals surface area contributed by atoms with Crippen molar-refractivity contribution in [2.24, 2.45) is 0 Å². The third-order valence-electron chi connectivity index (χ3n) is 4.27. The Bertz CT molecular complexity index is 784. The number of phenols is 1. The lowest BCUT2D eigenvalue weighted by Gasteiger charge is -2.21. The highest BCUT2D eigenvalue weighted by Crippen LogP contribution is 2.33. The van der Waals surface area contributed by atoms with Gasteiger partial charge in [-0.2, -0.15) is 0 Å². The second-order valence-corrected chi connectivity index (χ2v) is 5.43. The SMILES string of the molecule is Oc1ccc2c(c1)-c1c(ccc3c1=CCCC=3)CC2. The molecule has 0 amide bonds. The first kappa shape index (κ1) is 10.9. The largest absolute Gasteiger partial charge is 0.508 e. The van der Waals surface area contributed by atoms with Crippen molar-refractivity contribution < 1.29 is 5.11 Å². The topological polar surface area (TPSA) is 20.2 Å². The highest BCUT2D eigenvalue weighted by molar-refractivity contribution is 5.76. The molecule has 0 unspecified atom stereocenters. The maximum absolute atomic E-state index is 9.80. The molecule has 0 saturated carbocycles. The van der Waals surface area contributed by atoms with Crippen molar-refractivity contribution in [3.63, 3.8) is 0 Å². The molecule has 94 valence electrons. The summed E-state index contributed by atoms with van der Waals surface area (Å²) in [6.45, 7) is 0. The van der Waals surface area contributed by atoms with Crippen LogP contribution in [0.4, 0.5) is 0 Å². The second kappa shape index (κ2) is 3.99. The van der Waals surface area contributed by atoms with Crippen LogP contribution < -0.4 is 10.4 Å². The quantitative estimate of drug-likeness (QED) is 0.759. The Balaban J connectivity index is 2.13. The van der Waals surface area contributed by atoms with E-state index in [1.54, 1.807) is 6.07 Å². The fraction of sp³-hybridized carbons (Fsp3) is 0.222. The van der Waals surface area contributed by atoms with Crippen LogP contribution in [-0.2, 0) is 12.8 Å². The standard InChI is InChI=1S/C18H16O/c19-15-10-9-13-6-8-14-7-5-12-3-1-2-4-16(12)18(14)17(13)11-15/h3-5,7,9-11,19H,1-2,6,8H2. The monoisotopic (exact) mass is 248 g/mol. The van der Waals surface area contributed by atoms with Gasteiger partial charge in [-0.25, -0.2) is 0 Å². The minimum absolute atomic E-state index is 0.365. The Labute approximate surface area is 112 Å². The molecule has 1 nitrogen and oxygen atoms in total. The van der Waals surface area contributed by atoms with Gasteiger partial charge in [0.2, 0.25) is 0 Å². The lowest BCUT2D eigenvalue weighted by atomic mass is 9.83. The number of fused-ring (bicyclic) bond motifs is 5. The zero-order chi connectivity index (χ0) is 12.8. The molecule has 0 fully saturated rings. The van der Waals surface area contributed by atoms with Crippen LogP contribution in [0.1, 0.15) is 24.0 Å². The van der Waals surface area contributed by atoms with Crippen LogP contribution in [0.3, 0.4) is 0 Å². The van der Waals surface area contributed by atoms with E-state index < -0.39 is 0 Å². The predicted molar refractivity (Wildman–Crippen MR) is 78.4 cm³/mol. The Morgan fingerprint density at radius 2 is 1.63 bits per heavy atom. The van der Waals surface area contributed by atoms with Crippen LogP contribution in [-0.4, -0.2) is 5.11 Å². The van der Waals surface area contributed by atoms with Crippen molar-refractivity contribution in [3.05, 3.63) is 51.9 Å². The minimum Gasteiger partial charge on any atom is -0.508 e. The first-order chi connectivity index (χ1) is 9.33. The molecule has 1 heteroatoms. The van der Waals surface area contributed by atoms with Crippen molar-refractivity contribution in [1.29, 1.82) is 0 Å². The van der Waals surface area contributed by atoms with E-state index in [0.29, 0.717) is 5.75 Å². The highest BCUT2D eigenvalue weighted by Gasteiger charge is 2.18. The summed E-state index contributed by atoms with van der Waals surface area (Å²) in [5.74, 6) is 0.365. The first-order valence-corrected chi connectivity index (χ1v) is 6.97. The number of hydrogen-bond donors (Lipinski definition) is 1. The van der Waals surface area contributed by atoms with E-state index in [-0.39, 0.29) is 0 Å². The summed E-state index contributed by atoms with van der Waals surface area (Å²) < 4.78 is 0. The molecule has 0 saturated heterocycles. The van der Waals surface area contributed by atoms with Crippen molar-refractivity contribution in [2.75, 3.05) is 0 Å². The number of rotatable bonds is 0. The molecule has 2 aromatic carbocycles. The van der Waals surface area contributed by atoms with Crippen LogP contribution in [0.2, 0.25) is 0 Å². The van der Waals surface area contributed by atoms with Gasteiger partial charge in [0.25, 0.3) is 0 Å². The molecule has 0 aliphatic heterocycles. The molecule has 1 N–H and O–H groups in total. The van der Waals surface area contributed by atoms with Crippen molar-refractivity contribution in [3.8, 4) is 16.9 Å². The van der Waals surface area contributed by atoms with Gasteiger partial charge in [-0.1, -0.05) is 30.4 Å². The Hall–Kier alpha value is -2.02. The second-order valence-electron chi connectivity index (χ2n) is 5.43. The van der Waals surface area contributed by atoms with E-state index in [4.69, 9.17) is 0 Å². The predicted octanol–water partition coefficient (Wildman–Crippen LogP) is 2.51. The molecular formula is C18H16O. The third kappa shape index (κ3) is 1.61. The summed E-state index contributed by atoms with van der Waals surface area (Å²) >= 11 is 0. The summed E-state index contributed by atoms with van der Waals surface area (Å²) in [5, 5.41) is 12.5. The molecule has 2 aliphatic rings. The van der Waals surface area contributed by atoms with E-state index >= 15 is 0 Å². The van der Waals surface area contributed by atoms with Crippen LogP contribution in [0.5, 0.6) is 5.75 Å². The number of phenolic OH excluding ortho intramolecular Hbond substituents is 1. The Kier molecular flexibility index (Phi) is 2.28. The van der Waals surface area contributed by atoms with Crippen molar-refractivity contribution >= 4 is 12.2 Å². The molecule has 0 radical (unpaired) electrons. The lowest BCUT2D eigenvalue weighted by molar-refractivity contribution is 0.475. The maximum Gasteiger partial charge on any atom is 0.116 e. The number of aromatic hydroxyl groups is 1. The van der Waals surface area contributed by atoms with E-state index in [0.717, 1.165) is 25.7 Å². The van der Waals surface area contributed by atoms with E-state index in [1.165, 1.54) is 32.7 Å². The zero-order valence-corrected chi connectivity index (χ0v) is 10.8. The molecule has 0 heterocycles. The van der Waals surface area contributed by atoms with Crippen LogP contribution in [0.25, 0.3) is 23.3 Å². The van der Waals surface area contributed by atoms with Crippen LogP contribution in [0, 0.1) is 0 Å². The van der Waals surface area contributed by atoms with Gasteiger partial charge in [0.05, 0.1) is 0 Å². The van der Waals surface area contributed by atoms with E-state index in [9.17, 15) is 5.11 Å². The molecule has 19 heavy (non-hydrogen) atoms. The summed E-state index contributed by atoms with van der Waals surface area (Å²) in [6, 6.07) is 10.3. The molecule has 0 atom stereocenters. The normalized spacial score (nSPS) is 15.6. The van der Waals surface area contributed by atoms with Gasteiger partial charge in [-0.15, -0.1) is 0 Å². The van der Waals surface area contributed by atoms with Gasteiger partial charge < -0.3 is 5.11 Å². The fourth-order valence-corrected chi connectivity index (χ4v) is 3.36. The molecule has 0 aromatic heterocycles. The van der Waals surface area contributed by atoms with Crippen LogP contribution >= 0.6 is 0 Å². The number of aryl methyl sites for hydroxylation is 2. The Morgan fingerprint density at radius 3 is 2.58 bits per heavy atom. The van der Waals surface area contributed by atoms with Gasteiger partial charge in [-0.3, -0.25) is 0 Å². The lowest BCUT2D eigenvalue weighted by Crippen LogP contribution is -2.31. The summed E-state index contributed by atoms with van der Waals surface area (Å²) in [7, 11) is 0. The summed E-state index contributed by atoms with van der Waals surface area (Å²) in [6.07, 6.45) is 9.12. The van der Waals surface area contributed by atoms with Gasteiger partial charge in [0.15, 0.2) is 0 Å². The molecule has 0 spiro atoms. The molecule has 4 rings (SSSR count). The number of benzene rings is 2. The average molecular weight is 248 g/mol. The van der Waals surface area contributed by atoms with Crippen molar-refractivity contribution in [1.82, 2.24) is 0 Å². The number of hydrogen-bond acceptors (Lipinski definition) is 1. The smallest absolute Gasteiger partial charge is 0.116 e. The highest BCUT2D eigenvalue weighted by atomic mass is 16.3. The van der Waals surface area contributed by atoms with Gasteiger partial charge in [0, 0.05) is 0 Å². The van der Waals surface area contributed by atoms with Gasteiger partial charge in [0.1, 0.15) is 5.75 Å². The summed E-state index contributed by atoms with van der Waals surface area (Å²) in [5.41, 5.74) is 5.36. The third-order valence-corrected chi connectivity index (χ3v) is 4.27. The molecule has 0 bridgehead atoms. The van der Waals surface area contributed by atoms with E-state index in [1.807, 2.05) is 6.07 Å². The Morgan fingerprint density at radius 1 is 0.842 bits per heavy atom. The first-order valence-electron chi connectivity index (χ1n) is 6.97. The molecule has 2 aromatic rings. The summed E-state index contributed by atoms with van der Waals surface area (Å²) in [4.78, 5) is 0.